The van der Waals surface area contributed by atoms with E-state index in [-0.39, 0.29) is 16.6 Å². The molecule has 0 aliphatic carbocycles. The normalized spacial score (nSPS) is 17.2. The van der Waals surface area contributed by atoms with E-state index in [1.165, 1.54) is 10.4 Å². The maximum Gasteiger partial charge on any atom is 0.267 e. The number of carbonyl (C=O) groups is 1. The van der Waals surface area contributed by atoms with Gasteiger partial charge in [0.25, 0.3) is 5.91 Å². The van der Waals surface area contributed by atoms with Crippen LogP contribution in [-0.4, -0.2) is 38.5 Å². The number of hydrogen-bond donors (Lipinski definition) is 1. The largest absolute Gasteiger partial charge is 0.454 e. The number of piperidine rings is 1. The van der Waals surface area contributed by atoms with Crippen LogP contribution in [0.1, 0.15) is 28.9 Å². The van der Waals surface area contributed by atoms with Gasteiger partial charge in [0, 0.05) is 24.8 Å². The zero-order valence-corrected chi connectivity index (χ0v) is 15.6. The molecule has 2 aliphatic rings. The fraction of sp³-hybridized carbons (Fsp3) is 0.353. The number of nitrogens with zero attached hydrogens (tertiary/aromatic N) is 1. The lowest BCUT2D eigenvalue weighted by atomic mass is 10.2. The maximum atomic E-state index is 12.9. The SMILES string of the molecule is O=C(Nc1ccc2c(c1)OCO2)c1sccc1S(=O)(=O)N1CCCCC1. The van der Waals surface area contributed by atoms with E-state index in [0.717, 1.165) is 30.6 Å². The summed E-state index contributed by atoms with van der Waals surface area (Å²) < 4.78 is 37.8. The Morgan fingerprint density at radius 3 is 2.65 bits per heavy atom. The molecule has 1 saturated heterocycles. The Hall–Kier alpha value is -2.10. The molecule has 2 aliphatic heterocycles. The summed E-state index contributed by atoms with van der Waals surface area (Å²) in [5, 5.41) is 4.37. The van der Waals surface area contributed by atoms with Gasteiger partial charge in [-0.2, -0.15) is 4.31 Å². The summed E-state index contributed by atoms with van der Waals surface area (Å²) in [5.41, 5.74) is 0.522. The molecular formula is C17H18N2O5S2. The van der Waals surface area contributed by atoms with Crippen molar-refractivity contribution in [3.63, 3.8) is 0 Å². The molecule has 26 heavy (non-hydrogen) atoms. The number of benzene rings is 1. The van der Waals surface area contributed by atoms with E-state index in [1.807, 2.05) is 0 Å². The zero-order chi connectivity index (χ0) is 18.1. The summed E-state index contributed by atoms with van der Waals surface area (Å²) in [4.78, 5) is 12.9. The first-order chi connectivity index (χ1) is 12.6. The molecule has 0 spiro atoms. The smallest absolute Gasteiger partial charge is 0.267 e. The Kier molecular flexibility index (Phi) is 4.60. The molecule has 1 aromatic heterocycles. The summed E-state index contributed by atoms with van der Waals surface area (Å²) in [6, 6.07) is 6.56. The Balaban J connectivity index is 1.57. The summed E-state index contributed by atoms with van der Waals surface area (Å²) in [6.07, 6.45) is 2.73. The number of anilines is 1. The second-order valence-electron chi connectivity index (χ2n) is 6.10. The molecule has 7 nitrogen and oxygen atoms in total. The van der Waals surface area contributed by atoms with Gasteiger partial charge in [-0.05, 0) is 36.4 Å². The highest BCUT2D eigenvalue weighted by Gasteiger charge is 2.31. The number of hydrogen-bond acceptors (Lipinski definition) is 6. The van der Waals surface area contributed by atoms with Crippen molar-refractivity contribution >= 4 is 33.0 Å². The third-order valence-corrected chi connectivity index (χ3v) is 7.38. The topological polar surface area (TPSA) is 84.9 Å². The first-order valence-electron chi connectivity index (χ1n) is 8.34. The molecule has 138 valence electrons. The standard InChI is InChI=1S/C17H18N2O5S2/c20-17(18-12-4-5-13-14(10-12)24-11-23-13)16-15(6-9-25-16)26(21,22)19-7-2-1-3-8-19/h4-6,9-10H,1-3,7-8,11H2,(H,18,20). The molecule has 1 fully saturated rings. The lowest BCUT2D eigenvalue weighted by molar-refractivity contribution is 0.102. The van der Waals surface area contributed by atoms with E-state index in [0.29, 0.717) is 30.3 Å². The van der Waals surface area contributed by atoms with Crippen LogP contribution in [0.5, 0.6) is 11.5 Å². The highest BCUT2D eigenvalue weighted by molar-refractivity contribution is 7.89. The minimum absolute atomic E-state index is 0.0719. The van der Waals surface area contributed by atoms with Crippen LogP contribution in [0, 0.1) is 0 Å². The molecular weight excluding hydrogens is 376 g/mol. The van der Waals surface area contributed by atoms with Gasteiger partial charge in [0.1, 0.15) is 9.77 Å². The summed E-state index contributed by atoms with van der Waals surface area (Å²) in [7, 11) is -3.66. The van der Waals surface area contributed by atoms with Crippen LogP contribution in [-0.2, 0) is 10.0 Å². The third-order valence-electron chi connectivity index (χ3n) is 4.40. The number of ether oxygens (including phenoxy) is 2. The van der Waals surface area contributed by atoms with Gasteiger partial charge in [-0.15, -0.1) is 11.3 Å². The van der Waals surface area contributed by atoms with Crippen LogP contribution in [0.15, 0.2) is 34.5 Å². The Bertz CT molecular complexity index is 932. The predicted octanol–water partition coefficient (Wildman–Crippen LogP) is 2.90. The number of thiophene rings is 1. The summed E-state index contributed by atoms with van der Waals surface area (Å²) >= 11 is 1.12. The van der Waals surface area contributed by atoms with E-state index in [9.17, 15) is 13.2 Å². The number of fused-ring (bicyclic) bond motifs is 1. The van der Waals surface area contributed by atoms with Crippen LogP contribution in [0.3, 0.4) is 0 Å². The van der Waals surface area contributed by atoms with Gasteiger partial charge in [-0.25, -0.2) is 8.42 Å². The van der Waals surface area contributed by atoms with Crippen molar-refractivity contribution in [1.29, 1.82) is 0 Å². The summed E-state index contributed by atoms with van der Waals surface area (Å²) in [6.45, 7) is 1.15. The fourth-order valence-corrected chi connectivity index (χ4v) is 5.89. The molecule has 1 aromatic carbocycles. The number of nitrogens with one attached hydrogen (secondary N) is 1. The highest BCUT2D eigenvalue weighted by atomic mass is 32.2. The van der Waals surface area contributed by atoms with Crippen molar-refractivity contribution in [2.75, 3.05) is 25.2 Å². The van der Waals surface area contributed by atoms with Crippen LogP contribution < -0.4 is 14.8 Å². The Morgan fingerprint density at radius 1 is 1.08 bits per heavy atom. The molecule has 1 N–H and O–H groups in total. The van der Waals surface area contributed by atoms with E-state index in [4.69, 9.17) is 9.47 Å². The molecule has 0 atom stereocenters. The third kappa shape index (κ3) is 3.17. The molecule has 0 saturated carbocycles. The van der Waals surface area contributed by atoms with E-state index < -0.39 is 15.9 Å². The van der Waals surface area contributed by atoms with Crippen molar-refractivity contribution in [3.8, 4) is 11.5 Å². The number of rotatable bonds is 4. The van der Waals surface area contributed by atoms with E-state index in [1.54, 1.807) is 23.6 Å². The lowest BCUT2D eigenvalue weighted by Gasteiger charge is -2.25. The lowest BCUT2D eigenvalue weighted by Crippen LogP contribution is -2.36. The number of amides is 1. The second-order valence-corrected chi connectivity index (χ2v) is 8.92. The molecule has 0 radical (unpaired) electrons. The fourth-order valence-electron chi connectivity index (χ4n) is 3.07. The van der Waals surface area contributed by atoms with Gasteiger partial charge in [0.15, 0.2) is 11.5 Å². The van der Waals surface area contributed by atoms with Gasteiger partial charge in [0.05, 0.1) is 0 Å². The molecule has 0 bridgehead atoms. The van der Waals surface area contributed by atoms with Crippen LogP contribution in [0.25, 0.3) is 0 Å². The first-order valence-corrected chi connectivity index (χ1v) is 10.7. The molecule has 2 aromatic rings. The highest BCUT2D eigenvalue weighted by Crippen LogP contribution is 2.35. The van der Waals surface area contributed by atoms with Gasteiger partial charge in [0.2, 0.25) is 16.8 Å². The van der Waals surface area contributed by atoms with Crippen molar-refractivity contribution in [2.24, 2.45) is 0 Å². The molecule has 4 rings (SSSR count). The molecule has 1 amide bonds. The molecule has 3 heterocycles. The van der Waals surface area contributed by atoms with Crippen molar-refractivity contribution in [1.82, 2.24) is 4.31 Å². The van der Waals surface area contributed by atoms with Crippen molar-refractivity contribution < 1.29 is 22.7 Å². The molecule has 9 heteroatoms. The van der Waals surface area contributed by atoms with Gasteiger partial charge in [-0.3, -0.25) is 4.79 Å². The van der Waals surface area contributed by atoms with Crippen molar-refractivity contribution in [3.05, 3.63) is 34.5 Å². The average molecular weight is 394 g/mol. The van der Waals surface area contributed by atoms with Crippen molar-refractivity contribution in [2.45, 2.75) is 24.2 Å². The van der Waals surface area contributed by atoms with E-state index in [2.05, 4.69) is 5.32 Å². The average Bonchev–Trinajstić information content (AvgIpc) is 3.31. The van der Waals surface area contributed by atoms with Crippen LogP contribution in [0.4, 0.5) is 5.69 Å². The summed E-state index contributed by atoms with van der Waals surface area (Å²) in [5.74, 6) is 0.720. The maximum absolute atomic E-state index is 12.9. The Labute approximate surface area is 155 Å². The number of carbonyl (C=O) groups excluding carboxylic acids is 1. The Morgan fingerprint density at radius 2 is 1.85 bits per heavy atom. The predicted molar refractivity (Wildman–Crippen MR) is 97.4 cm³/mol. The zero-order valence-electron chi connectivity index (χ0n) is 13.9. The van der Waals surface area contributed by atoms with Gasteiger partial charge < -0.3 is 14.8 Å². The quantitative estimate of drug-likeness (QED) is 0.862. The van der Waals surface area contributed by atoms with Gasteiger partial charge >= 0.3 is 0 Å². The van der Waals surface area contributed by atoms with Crippen LogP contribution in [0.2, 0.25) is 0 Å². The number of sulfonamides is 1. The van der Waals surface area contributed by atoms with Crippen LogP contribution >= 0.6 is 11.3 Å². The monoisotopic (exact) mass is 394 g/mol. The molecule has 0 unspecified atom stereocenters. The minimum atomic E-state index is -3.66. The van der Waals surface area contributed by atoms with Gasteiger partial charge in [-0.1, -0.05) is 6.42 Å². The second kappa shape index (κ2) is 6.90. The minimum Gasteiger partial charge on any atom is -0.454 e. The first kappa shape index (κ1) is 17.3. The van der Waals surface area contributed by atoms with E-state index >= 15 is 0 Å².